The van der Waals surface area contributed by atoms with Gasteiger partial charge in [0.1, 0.15) is 0 Å². The molecular formula is C17H17N3O4S2. The van der Waals surface area contributed by atoms with Crippen LogP contribution in [-0.4, -0.2) is 43.4 Å². The molecule has 0 bridgehead atoms. The van der Waals surface area contributed by atoms with Crippen LogP contribution in [0.5, 0.6) is 0 Å². The number of imidazole rings is 1. The first-order valence-corrected chi connectivity index (χ1v) is 11.3. The van der Waals surface area contributed by atoms with Crippen molar-refractivity contribution in [1.82, 2.24) is 14.5 Å². The Bertz CT molecular complexity index is 1130. The van der Waals surface area contributed by atoms with Crippen molar-refractivity contribution in [3.05, 3.63) is 55.1 Å². The van der Waals surface area contributed by atoms with Gasteiger partial charge in [-0.3, -0.25) is 4.57 Å². The van der Waals surface area contributed by atoms with E-state index in [9.17, 15) is 16.8 Å². The Morgan fingerprint density at radius 3 is 2.19 bits per heavy atom. The van der Waals surface area contributed by atoms with Gasteiger partial charge in [0.2, 0.25) is 0 Å². The van der Waals surface area contributed by atoms with Gasteiger partial charge in [0.05, 0.1) is 40.8 Å². The van der Waals surface area contributed by atoms with Gasteiger partial charge in [-0.05, 0) is 24.3 Å². The molecule has 0 aliphatic carbocycles. The molecule has 9 heteroatoms. The first-order chi connectivity index (χ1) is 12.2. The fourth-order valence-electron chi connectivity index (χ4n) is 2.45. The molecule has 0 fully saturated rings. The van der Waals surface area contributed by atoms with E-state index in [0.717, 1.165) is 17.5 Å². The summed E-state index contributed by atoms with van der Waals surface area (Å²) in [6, 6.07) is 9.64. The van der Waals surface area contributed by atoms with Gasteiger partial charge in [-0.2, -0.15) is 0 Å². The third kappa shape index (κ3) is 3.54. The van der Waals surface area contributed by atoms with Crippen LogP contribution in [0, 0.1) is 0 Å². The van der Waals surface area contributed by atoms with Crippen molar-refractivity contribution >= 4 is 19.7 Å². The minimum atomic E-state index is -3.36. The summed E-state index contributed by atoms with van der Waals surface area (Å²) in [6.45, 7) is 1.60. The molecule has 0 saturated heterocycles. The van der Waals surface area contributed by atoms with E-state index in [-0.39, 0.29) is 15.7 Å². The van der Waals surface area contributed by atoms with Crippen LogP contribution >= 0.6 is 0 Å². The van der Waals surface area contributed by atoms with Crippen LogP contribution in [0.15, 0.2) is 65.0 Å². The summed E-state index contributed by atoms with van der Waals surface area (Å²) in [5, 5.41) is -0.00274. The number of sulfone groups is 2. The Labute approximate surface area is 152 Å². The standard InChI is InChI=1S/C17H17N3O4S2/c1-3-26(23,24)15-7-4-13(5-8-15)16-11-18-12-20(16)14-6-9-17(19-10-14)25(2,21)22/h4-12H,3H2,1-2H3. The van der Waals surface area contributed by atoms with E-state index < -0.39 is 19.7 Å². The normalized spacial score (nSPS) is 12.2. The molecule has 0 saturated carbocycles. The molecular weight excluding hydrogens is 374 g/mol. The van der Waals surface area contributed by atoms with Crippen LogP contribution in [0.1, 0.15) is 6.92 Å². The second-order valence-corrected chi connectivity index (χ2v) is 9.94. The van der Waals surface area contributed by atoms with Crippen molar-refractivity contribution in [2.75, 3.05) is 12.0 Å². The Morgan fingerprint density at radius 1 is 0.962 bits per heavy atom. The number of nitrogens with zero attached hydrogens (tertiary/aromatic N) is 3. The van der Waals surface area contributed by atoms with Crippen LogP contribution in [0.4, 0.5) is 0 Å². The summed E-state index contributed by atoms with van der Waals surface area (Å²) >= 11 is 0. The topological polar surface area (TPSA) is 99.0 Å². The van der Waals surface area contributed by atoms with E-state index in [1.165, 1.54) is 12.3 Å². The van der Waals surface area contributed by atoms with E-state index in [1.807, 2.05) is 0 Å². The molecule has 0 radical (unpaired) electrons. The van der Waals surface area contributed by atoms with Crippen molar-refractivity contribution in [2.45, 2.75) is 16.8 Å². The molecule has 0 unspecified atom stereocenters. The predicted octanol–water partition coefficient (Wildman–Crippen LogP) is 2.13. The molecule has 0 aliphatic rings. The van der Waals surface area contributed by atoms with E-state index in [0.29, 0.717) is 5.69 Å². The average molecular weight is 391 g/mol. The number of aromatic nitrogens is 3. The van der Waals surface area contributed by atoms with E-state index in [1.54, 1.807) is 54.3 Å². The molecule has 1 aromatic carbocycles. The molecule has 3 rings (SSSR count). The van der Waals surface area contributed by atoms with Gasteiger partial charge in [-0.15, -0.1) is 0 Å². The van der Waals surface area contributed by atoms with Crippen molar-refractivity contribution in [1.29, 1.82) is 0 Å². The van der Waals surface area contributed by atoms with Gasteiger partial charge in [0.15, 0.2) is 24.7 Å². The zero-order valence-electron chi connectivity index (χ0n) is 14.2. The van der Waals surface area contributed by atoms with Gasteiger partial charge in [0.25, 0.3) is 0 Å². The molecule has 0 aliphatic heterocycles. The van der Waals surface area contributed by atoms with Gasteiger partial charge in [0, 0.05) is 11.8 Å². The first kappa shape index (κ1) is 18.3. The zero-order valence-corrected chi connectivity index (χ0v) is 15.8. The van der Waals surface area contributed by atoms with Crippen LogP contribution in [0.25, 0.3) is 16.9 Å². The van der Waals surface area contributed by atoms with E-state index in [2.05, 4.69) is 9.97 Å². The second-order valence-electron chi connectivity index (χ2n) is 5.70. The maximum Gasteiger partial charge on any atom is 0.192 e. The van der Waals surface area contributed by atoms with Crippen molar-refractivity contribution in [3.63, 3.8) is 0 Å². The fraction of sp³-hybridized carbons (Fsp3) is 0.176. The highest BCUT2D eigenvalue weighted by Crippen LogP contribution is 2.24. The van der Waals surface area contributed by atoms with Crippen molar-refractivity contribution in [2.24, 2.45) is 0 Å². The van der Waals surface area contributed by atoms with Gasteiger partial charge in [-0.1, -0.05) is 19.1 Å². The Balaban J connectivity index is 1.99. The molecule has 2 heterocycles. The molecule has 0 atom stereocenters. The summed E-state index contributed by atoms with van der Waals surface area (Å²) in [6.07, 6.45) is 5.79. The van der Waals surface area contributed by atoms with Crippen LogP contribution in [0.2, 0.25) is 0 Å². The van der Waals surface area contributed by atoms with Crippen LogP contribution in [0.3, 0.4) is 0 Å². The SMILES string of the molecule is CCS(=O)(=O)c1ccc(-c2cncn2-c2ccc(S(C)(=O)=O)nc2)cc1. The van der Waals surface area contributed by atoms with Crippen molar-refractivity contribution < 1.29 is 16.8 Å². The number of hydrogen-bond acceptors (Lipinski definition) is 6. The second kappa shape index (κ2) is 6.65. The average Bonchev–Trinajstić information content (AvgIpc) is 3.11. The molecule has 26 heavy (non-hydrogen) atoms. The Kier molecular flexibility index (Phi) is 4.68. The summed E-state index contributed by atoms with van der Waals surface area (Å²) in [4.78, 5) is 8.39. The van der Waals surface area contributed by atoms with Gasteiger partial charge >= 0.3 is 0 Å². The Hall–Kier alpha value is -2.52. The highest BCUT2D eigenvalue weighted by Gasteiger charge is 2.14. The Morgan fingerprint density at radius 2 is 1.65 bits per heavy atom. The number of benzene rings is 1. The molecule has 0 spiro atoms. The lowest BCUT2D eigenvalue weighted by Crippen LogP contribution is -2.04. The maximum atomic E-state index is 11.9. The van der Waals surface area contributed by atoms with E-state index >= 15 is 0 Å². The number of pyridine rings is 1. The minimum Gasteiger partial charge on any atom is -0.297 e. The van der Waals surface area contributed by atoms with Crippen molar-refractivity contribution in [3.8, 4) is 16.9 Å². The number of hydrogen-bond donors (Lipinski definition) is 0. The summed E-state index contributed by atoms with van der Waals surface area (Å²) in [5.74, 6) is 0.0443. The lowest BCUT2D eigenvalue weighted by atomic mass is 10.1. The summed E-state index contributed by atoms with van der Waals surface area (Å²) in [7, 11) is -6.62. The fourth-order valence-corrected chi connectivity index (χ4v) is 3.89. The monoisotopic (exact) mass is 391 g/mol. The lowest BCUT2D eigenvalue weighted by molar-refractivity contribution is 0.596. The molecule has 7 nitrogen and oxygen atoms in total. The predicted molar refractivity (Wildman–Crippen MR) is 97.6 cm³/mol. The van der Waals surface area contributed by atoms with Crippen LogP contribution in [-0.2, 0) is 19.7 Å². The van der Waals surface area contributed by atoms with Gasteiger partial charge < -0.3 is 0 Å². The smallest absolute Gasteiger partial charge is 0.192 e. The third-order valence-corrected chi connectivity index (χ3v) is 6.66. The van der Waals surface area contributed by atoms with Crippen LogP contribution < -0.4 is 0 Å². The quantitative estimate of drug-likeness (QED) is 0.661. The highest BCUT2D eigenvalue weighted by molar-refractivity contribution is 7.91. The maximum absolute atomic E-state index is 11.9. The zero-order chi connectivity index (χ0) is 18.9. The summed E-state index contributed by atoms with van der Waals surface area (Å²) < 4.78 is 48.7. The largest absolute Gasteiger partial charge is 0.297 e. The molecule has 0 amide bonds. The first-order valence-electron chi connectivity index (χ1n) is 7.74. The molecule has 136 valence electrons. The minimum absolute atomic E-state index is 0.00274. The lowest BCUT2D eigenvalue weighted by Gasteiger charge is -2.09. The number of rotatable bonds is 5. The summed E-state index contributed by atoms with van der Waals surface area (Å²) in [5.41, 5.74) is 2.17. The highest BCUT2D eigenvalue weighted by atomic mass is 32.2. The van der Waals surface area contributed by atoms with E-state index in [4.69, 9.17) is 0 Å². The third-order valence-electron chi connectivity index (χ3n) is 3.91. The molecule has 0 N–H and O–H groups in total. The molecule has 3 aromatic rings. The molecule has 2 aromatic heterocycles. The van der Waals surface area contributed by atoms with Gasteiger partial charge in [-0.25, -0.2) is 26.8 Å².